The highest BCUT2D eigenvalue weighted by Gasteiger charge is 2.25. The van der Waals surface area contributed by atoms with Gasteiger partial charge in [0.2, 0.25) is 0 Å². The molecule has 2 N–H and O–H groups in total. The lowest BCUT2D eigenvalue weighted by molar-refractivity contribution is 0.466. The Morgan fingerprint density at radius 3 is 2.83 bits per heavy atom. The fourth-order valence-corrected chi connectivity index (χ4v) is 3.76. The first kappa shape index (κ1) is 13.3. The van der Waals surface area contributed by atoms with Crippen LogP contribution in [0.3, 0.4) is 0 Å². The van der Waals surface area contributed by atoms with E-state index in [0.717, 1.165) is 12.2 Å². The van der Waals surface area contributed by atoms with Crippen molar-refractivity contribution in [1.82, 2.24) is 4.98 Å². The van der Waals surface area contributed by atoms with E-state index in [4.69, 9.17) is 11.6 Å². The van der Waals surface area contributed by atoms with Gasteiger partial charge in [-0.05, 0) is 24.6 Å². The van der Waals surface area contributed by atoms with Gasteiger partial charge in [0, 0.05) is 21.3 Å². The number of halogens is 1. The molecule has 5 heteroatoms. The molecule has 1 atom stereocenters. The topological polar surface area (TPSA) is 53.1 Å². The zero-order chi connectivity index (χ0) is 13.3. The van der Waals surface area contributed by atoms with Crippen LogP contribution >= 0.6 is 11.6 Å². The third-order valence-corrected chi connectivity index (χ3v) is 5.10. The average Bonchev–Trinajstić information content (AvgIpc) is 2.31. The molecule has 0 aliphatic carbocycles. The second kappa shape index (κ2) is 5.24. The fourth-order valence-electron chi connectivity index (χ4n) is 1.96. The lowest BCUT2D eigenvalue weighted by Crippen LogP contribution is -2.19. The number of fused-ring (bicyclic) bond motifs is 1. The quantitative estimate of drug-likeness (QED) is 0.852. The maximum atomic E-state index is 12.0. The molecule has 1 heterocycles. The average molecular weight is 285 g/mol. The van der Waals surface area contributed by atoms with Gasteiger partial charge in [-0.1, -0.05) is 18.5 Å². The standard InChI is InChI=1S/C13H14ClNO2S/c1-3-6-18(2)12-11(16)9-7-8(14)4-5-10(9)15-13(12)17/h4-5,7H,3,6H2,1-2H3,(H-,15,16,17)/p+1. The van der Waals surface area contributed by atoms with E-state index in [1.54, 1.807) is 18.2 Å². The minimum absolute atomic E-state index is 0.0653. The number of aromatic hydroxyl groups is 1. The number of aromatic amines is 1. The highest BCUT2D eigenvalue weighted by molar-refractivity contribution is 7.96. The monoisotopic (exact) mass is 284 g/mol. The van der Waals surface area contributed by atoms with Crippen molar-refractivity contribution in [2.75, 3.05) is 12.0 Å². The molecule has 0 saturated carbocycles. The number of aromatic nitrogens is 1. The summed E-state index contributed by atoms with van der Waals surface area (Å²) < 4.78 is 0. The summed E-state index contributed by atoms with van der Waals surface area (Å²) in [5.74, 6) is 0.957. The molecule has 0 bridgehead atoms. The Hall–Kier alpha value is -1.13. The number of rotatable bonds is 3. The first-order chi connectivity index (χ1) is 8.54. The SMILES string of the molecule is CCC[S+](C)c1c(O)c2cc(Cl)ccc2[nH]c1=O. The van der Waals surface area contributed by atoms with E-state index >= 15 is 0 Å². The van der Waals surface area contributed by atoms with E-state index in [0.29, 0.717) is 20.8 Å². The predicted octanol–water partition coefficient (Wildman–Crippen LogP) is 2.90. The number of benzene rings is 1. The molecule has 1 aromatic carbocycles. The summed E-state index contributed by atoms with van der Waals surface area (Å²) in [7, 11) is -0.256. The van der Waals surface area contributed by atoms with E-state index in [9.17, 15) is 9.90 Å². The number of hydrogen-bond acceptors (Lipinski definition) is 2. The van der Waals surface area contributed by atoms with Gasteiger partial charge in [-0.15, -0.1) is 0 Å². The minimum atomic E-state index is -0.256. The van der Waals surface area contributed by atoms with Crippen LogP contribution in [0, 0.1) is 0 Å². The van der Waals surface area contributed by atoms with Crippen molar-refractivity contribution in [3.8, 4) is 5.75 Å². The maximum absolute atomic E-state index is 12.0. The first-order valence-electron chi connectivity index (χ1n) is 5.71. The van der Waals surface area contributed by atoms with Crippen molar-refractivity contribution in [2.24, 2.45) is 0 Å². The Labute approximate surface area is 113 Å². The van der Waals surface area contributed by atoms with Crippen molar-refractivity contribution in [2.45, 2.75) is 18.2 Å². The van der Waals surface area contributed by atoms with Gasteiger partial charge in [0.05, 0.1) is 5.52 Å². The van der Waals surface area contributed by atoms with Gasteiger partial charge in [-0.2, -0.15) is 0 Å². The molecule has 96 valence electrons. The van der Waals surface area contributed by atoms with Crippen LogP contribution < -0.4 is 5.56 Å². The van der Waals surface area contributed by atoms with Crippen molar-refractivity contribution in [1.29, 1.82) is 0 Å². The molecule has 2 rings (SSSR count). The third-order valence-electron chi connectivity index (χ3n) is 2.77. The van der Waals surface area contributed by atoms with Crippen LogP contribution in [0.4, 0.5) is 0 Å². The first-order valence-corrected chi connectivity index (χ1v) is 7.89. The van der Waals surface area contributed by atoms with Gasteiger partial charge in [-0.25, -0.2) is 0 Å². The molecular weight excluding hydrogens is 270 g/mol. The van der Waals surface area contributed by atoms with Crippen LogP contribution in [-0.2, 0) is 10.9 Å². The Morgan fingerprint density at radius 1 is 1.44 bits per heavy atom. The minimum Gasteiger partial charge on any atom is -0.503 e. The largest absolute Gasteiger partial charge is 0.503 e. The molecule has 0 fully saturated rings. The predicted molar refractivity (Wildman–Crippen MR) is 78.0 cm³/mol. The molecule has 0 radical (unpaired) electrons. The van der Waals surface area contributed by atoms with Crippen molar-refractivity contribution in [3.05, 3.63) is 33.6 Å². The van der Waals surface area contributed by atoms with Crippen molar-refractivity contribution < 1.29 is 5.11 Å². The summed E-state index contributed by atoms with van der Waals surface area (Å²) in [6, 6.07) is 5.07. The highest BCUT2D eigenvalue weighted by Crippen LogP contribution is 2.30. The van der Waals surface area contributed by atoms with Gasteiger partial charge in [-0.3, -0.25) is 4.79 Å². The molecule has 3 nitrogen and oxygen atoms in total. The molecule has 1 unspecified atom stereocenters. The summed E-state index contributed by atoms with van der Waals surface area (Å²) >= 11 is 5.92. The summed E-state index contributed by atoms with van der Waals surface area (Å²) in [5.41, 5.74) is 0.403. The Kier molecular flexibility index (Phi) is 3.88. The van der Waals surface area contributed by atoms with Gasteiger partial charge in [0.25, 0.3) is 4.90 Å². The maximum Gasteiger partial charge on any atom is 0.307 e. The third kappa shape index (κ3) is 2.35. The Bertz CT molecular complexity index is 639. The van der Waals surface area contributed by atoms with E-state index in [1.165, 1.54) is 0 Å². The fraction of sp³-hybridized carbons (Fsp3) is 0.308. The zero-order valence-corrected chi connectivity index (χ0v) is 11.9. The molecule has 1 aromatic heterocycles. The Balaban J connectivity index is 2.71. The zero-order valence-electron chi connectivity index (χ0n) is 10.3. The van der Waals surface area contributed by atoms with Crippen LogP contribution in [0.2, 0.25) is 5.02 Å². The molecule has 2 aromatic rings. The number of hydrogen-bond donors (Lipinski definition) is 2. The second-order valence-electron chi connectivity index (χ2n) is 4.16. The molecule has 0 saturated heterocycles. The summed E-state index contributed by atoms with van der Waals surface area (Å²) in [5, 5.41) is 11.4. The number of H-pyrrole nitrogens is 1. The number of pyridine rings is 1. The van der Waals surface area contributed by atoms with Gasteiger partial charge >= 0.3 is 5.56 Å². The molecule has 0 aliphatic heterocycles. The summed E-state index contributed by atoms with van der Waals surface area (Å²) in [6.07, 6.45) is 2.95. The second-order valence-corrected chi connectivity index (χ2v) is 6.69. The number of nitrogens with one attached hydrogen (secondary N) is 1. The van der Waals surface area contributed by atoms with Gasteiger partial charge < -0.3 is 10.1 Å². The van der Waals surface area contributed by atoms with Crippen molar-refractivity contribution >= 4 is 33.4 Å². The molecule has 0 spiro atoms. The molecule has 0 aliphatic rings. The lowest BCUT2D eigenvalue weighted by Gasteiger charge is -2.06. The summed E-state index contributed by atoms with van der Waals surface area (Å²) in [4.78, 5) is 15.3. The van der Waals surface area contributed by atoms with Crippen LogP contribution in [0.5, 0.6) is 5.75 Å². The van der Waals surface area contributed by atoms with E-state index in [-0.39, 0.29) is 22.2 Å². The van der Waals surface area contributed by atoms with Gasteiger partial charge in [0.1, 0.15) is 12.0 Å². The summed E-state index contributed by atoms with van der Waals surface area (Å²) in [6.45, 7) is 2.06. The van der Waals surface area contributed by atoms with Crippen LogP contribution in [0.15, 0.2) is 27.9 Å². The van der Waals surface area contributed by atoms with Crippen LogP contribution in [0.1, 0.15) is 13.3 Å². The van der Waals surface area contributed by atoms with Crippen molar-refractivity contribution in [3.63, 3.8) is 0 Å². The molecule has 18 heavy (non-hydrogen) atoms. The molecule has 0 amide bonds. The van der Waals surface area contributed by atoms with Crippen LogP contribution in [0.25, 0.3) is 10.9 Å². The molecular formula is C13H15ClNO2S+. The van der Waals surface area contributed by atoms with Crippen LogP contribution in [-0.4, -0.2) is 22.1 Å². The highest BCUT2D eigenvalue weighted by atomic mass is 35.5. The smallest absolute Gasteiger partial charge is 0.307 e. The van der Waals surface area contributed by atoms with E-state index in [2.05, 4.69) is 11.9 Å². The lowest BCUT2D eigenvalue weighted by atomic mass is 10.2. The van der Waals surface area contributed by atoms with E-state index < -0.39 is 0 Å². The van der Waals surface area contributed by atoms with Gasteiger partial charge in [0.15, 0.2) is 5.75 Å². The van der Waals surface area contributed by atoms with E-state index in [1.807, 2.05) is 6.26 Å². The Morgan fingerprint density at radius 2 is 2.17 bits per heavy atom. The normalized spacial score (nSPS) is 12.8.